The molecule has 1 aromatic rings. The lowest BCUT2D eigenvalue weighted by Gasteiger charge is -2.15. The largest absolute Gasteiger partial charge is 0.545 e. The van der Waals surface area contributed by atoms with Crippen molar-refractivity contribution in [2.75, 3.05) is 39.6 Å². The maximum atomic E-state index is 11.2. The number of aliphatic carboxylic acids is 1. The van der Waals surface area contributed by atoms with E-state index in [-0.39, 0.29) is 32.2 Å². The van der Waals surface area contributed by atoms with Gasteiger partial charge in [-0.3, -0.25) is 0 Å². The Bertz CT molecular complexity index is 580. The molecule has 0 aliphatic rings. The van der Waals surface area contributed by atoms with Crippen molar-refractivity contribution < 1.29 is 29.2 Å². The van der Waals surface area contributed by atoms with Crippen LogP contribution < -0.4 is 5.11 Å². The Labute approximate surface area is 138 Å². The van der Waals surface area contributed by atoms with E-state index in [2.05, 4.69) is 10.0 Å². The van der Waals surface area contributed by atoms with E-state index in [1.54, 1.807) is 30.3 Å². The van der Waals surface area contributed by atoms with Crippen molar-refractivity contribution in [3.05, 3.63) is 52.0 Å². The third-order valence-electron chi connectivity index (χ3n) is 2.67. The van der Waals surface area contributed by atoms with E-state index < -0.39 is 11.7 Å². The van der Waals surface area contributed by atoms with Crippen LogP contribution in [0.2, 0.25) is 0 Å². The molecule has 1 rings (SSSR count). The van der Waals surface area contributed by atoms with Crippen molar-refractivity contribution >= 4 is 11.7 Å². The zero-order chi connectivity index (χ0) is 17.6. The number of hydrogen-bond donors (Lipinski definition) is 1. The van der Waals surface area contributed by atoms with Crippen LogP contribution in [-0.4, -0.2) is 50.7 Å². The SMILES string of the molecule is [N-]=[N+]=NC(C(=O)[O-])=C(OCCOCCOCCO)c1ccccc1. The second-order valence-corrected chi connectivity index (χ2v) is 4.32. The topological polar surface area (TPSA) is 137 Å². The number of aliphatic hydroxyl groups is 1. The molecule has 0 fully saturated rings. The van der Waals surface area contributed by atoms with Crippen LogP contribution in [0.25, 0.3) is 16.2 Å². The highest BCUT2D eigenvalue weighted by Crippen LogP contribution is 2.21. The summed E-state index contributed by atoms with van der Waals surface area (Å²) in [6, 6.07) is 8.37. The van der Waals surface area contributed by atoms with Crippen LogP contribution in [0.5, 0.6) is 0 Å². The van der Waals surface area contributed by atoms with E-state index in [0.717, 1.165) is 0 Å². The van der Waals surface area contributed by atoms with E-state index >= 15 is 0 Å². The number of benzene rings is 1. The monoisotopic (exact) mass is 336 g/mol. The Kier molecular flexibility index (Phi) is 9.67. The molecule has 0 aromatic heterocycles. The summed E-state index contributed by atoms with van der Waals surface area (Å²) in [4.78, 5) is 13.6. The average Bonchev–Trinajstić information content (AvgIpc) is 2.59. The van der Waals surface area contributed by atoms with Crippen molar-refractivity contribution in [1.29, 1.82) is 0 Å². The number of aliphatic hydroxyl groups excluding tert-OH is 1. The van der Waals surface area contributed by atoms with Crippen molar-refractivity contribution in [3.63, 3.8) is 0 Å². The summed E-state index contributed by atoms with van der Waals surface area (Å²) >= 11 is 0. The summed E-state index contributed by atoms with van der Waals surface area (Å²) in [5, 5.41) is 22.8. The molecule has 0 bridgehead atoms. The number of carboxylic acids is 1. The van der Waals surface area contributed by atoms with E-state index in [1.807, 2.05) is 0 Å². The summed E-state index contributed by atoms with van der Waals surface area (Å²) < 4.78 is 15.7. The fraction of sp³-hybridized carbons (Fsp3) is 0.400. The van der Waals surface area contributed by atoms with E-state index in [9.17, 15) is 9.90 Å². The van der Waals surface area contributed by atoms with Gasteiger partial charge in [-0.25, -0.2) is 0 Å². The molecule has 0 saturated carbocycles. The third kappa shape index (κ3) is 7.12. The zero-order valence-corrected chi connectivity index (χ0v) is 13.0. The number of ether oxygens (including phenoxy) is 3. The van der Waals surface area contributed by atoms with Crippen LogP contribution in [-0.2, 0) is 19.0 Å². The lowest BCUT2D eigenvalue weighted by molar-refractivity contribution is -0.299. The maximum absolute atomic E-state index is 11.2. The minimum atomic E-state index is -1.63. The molecule has 0 saturated heterocycles. The minimum absolute atomic E-state index is 0.0436. The van der Waals surface area contributed by atoms with Crippen LogP contribution in [0.15, 0.2) is 41.1 Å². The van der Waals surface area contributed by atoms with Gasteiger partial charge in [0.05, 0.1) is 39.0 Å². The molecule has 9 heteroatoms. The predicted molar refractivity (Wildman–Crippen MR) is 82.2 cm³/mol. The number of carbonyl (C=O) groups is 1. The van der Waals surface area contributed by atoms with Gasteiger partial charge >= 0.3 is 0 Å². The van der Waals surface area contributed by atoms with Crippen LogP contribution in [0.1, 0.15) is 5.56 Å². The third-order valence-corrected chi connectivity index (χ3v) is 2.67. The zero-order valence-electron chi connectivity index (χ0n) is 13.0. The first-order valence-electron chi connectivity index (χ1n) is 7.16. The predicted octanol–water partition coefficient (Wildman–Crippen LogP) is 0.457. The van der Waals surface area contributed by atoms with Crippen molar-refractivity contribution in [1.82, 2.24) is 0 Å². The molecule has 130 valence electrons. The molecule has 0 aliphatic carbocycles. The van der Waals surface area contributed by atoms with Gasteiger partial charge < -0.3 is 29.2 Å². The highest BCUT2D eigenvalue weighted by molar-refractivity contribution is 5.93. The van der Waals surface area contributed by atoms with Gasteiger partial charge in [-0.2, -0.15) is 0 Å². The summed E-state index contributed by atoms with van der Waals surface area (Å²) in [5.41, 5.74) is 8.33. The van der Waals surface area contributed by atoms with Gasteiger partial charge in [0.15, 0.2) is 0 Å². The van der Waals surface area contributed by atoms with Crippen LogP contribution in [0.3, 0.4) is 0 Å². The Hall–Kier alpha value is -2.58. The fourth-order valence-corrected chi connectivity index (χ4v) is 1.69. The summed E-state index contributed by atoms with van der Waals surface area (Å²) in [7, 11) is 0. The molecular formula is C15H18N3O6-. The highest BCUT2D eigenvalue weighted by atomic mass is 16.5. The molecular weight excluding hydrogens is 318 g/mol. The van der Waals surface area contributed by atoms with Crippen molar-refractivity contribution in [2.45, 2.75) is 0 Å². The number of carboxylic acid groups (broad SMARTS) is 1. The molecule has 9 nitrogen and oxygen atoms in total. The Balaban J connectivity index is 2.66. The first-order chi connectivity index (χ1) is 11.7. The number of hydrogen-bond acceptors (Lipinski definition) is 7. The standard InChI is InChI=1S/C15H19N3O6/c16-18-17-13(15(20)21)14(12-4-2-1-3-5-12)24-11-10-23-9-8-22-7-6-19/h1-5,19H,6-11H2,(H,20,21)/p-1. The van der Waals surface area contributed by atoms with Gasteiger partial charge in [0.1, 0.15) is 18.1 Å². The molecule has 0 radical (unpaired) electrons. The molecule has 0 heterocycles. The molecule has 0 atom stereocenters. The Morgan fingerprint density at radius 1 is 1.12 bits per heavy atom. The second-order valence-electron chi connectivity index (χ2n) is 4.32. The summed E-state index contributed by atoms with van der Waals surface area (Å²) in [6.07, 6.45) is 0. The van der Waals surface area contributed by atoms with Gasteiger partial charge in [0.25, 0.3) is 0 Å². The minimum Gasteiger partial charge on any atom is -0.545 e. The molecule has 1 aromatic carbocycles. The number of azide groups is 1. The van der Waals surface area contributed by atoms with Gasteiger partial charge in [0.2, 0.25) is 0 Å². The lowest BCUT2D eigenvalue weighted by Crippen LogP contribution is -2.25. The van der Waals surface area contributed by atoms with Crippen LogP contribution in [0.4, 0.5) is 0 Å². The normalized spacial score (nSPS) is 11.4. The Morgan fingerprint density at radius 2 is 1.75 bits per heavy atom. The van der Waals surface area contributed by atoms with Gasteiger partial charge in [-0.1, -0.05) is 35.4 Å². The van der Waals surface area contributed by atoms with Gasteiger partial charge in [-0.15, -0.1) is 0 Å². The second kappa shape index (κ2) is 11.9. The van der Waals surface area contributed by atoms with Crippen molar-refractivity contribution in [3.8, 4) is 0 Å². The number of nitrogens with zero attached hydrogens (tertiary/aromatic N) is 3. The molecule has 0 amide bonds. The van der Waals surface area contributed by atoms with E-state index in [0.29, 0.717) is 18.8 Å². The molecule has 24 heavy (non-hydrogen) atoms. The highest BCUT2D eigenvalue weighted by Gasteiger charge is 2.11. The van der Waals surface area contributed by atoms with Crippen LogP contribution >= 0.6 is 0 Å². The lowest BCUT2D eigenvalue weighted by atomic mass is 10.1. The number of rotatable bonds is 12. The van der Waals surface area contributed by atoms with Gasteiger partial charge in [-0.05, 0) is 5.53 Å². The van der Waals surface area contributed by atoms with Gasteiger partial charge in [0, 0.05) is 10.5 Å². The molecule has 0 aliphatic heterocycles. The maximum Gasteiger partial charge on any atom is 0.138 e. The van der Waals surface area contributed by atoms with Crippen molar-refractivity contribution in [2.24, 2.45) is 5.11 Å². The molecule has 0 spiro atoms. The smallest absolute Gasteiger partial charge is 0.138 e. The first-order valence-corrected chi connectivity index (χ1v) is 7.16. The number of carbonyl (C=O) groups excluding carboxylic acids is 1. The van der Waals surface area contributed by atoms with E-state index in [4.69, 9.17) is 24.8 Å². The quantitative estimate of drug-likeness (QED) is 0.147. The average molecular weight is 336 g/mol. The fourth-order valence-electron chi connectivity index (χ4n) is 1.69. The summed E-state index contributed by atoms with van der Waals surface area (Å²) in [6.45, 7) is 1.03. The summed E-state index contributed by atoms with van der Waals surface area (Å²) in [5.74, 6) is -1.72. The Morgan fingerprint density at radius 3 is 2.33 bits per heavy atom. The van der Waals surface area contributed by atoms with Crippen LogP contribution in [0, 0.1) is 0 Å². The first kappa shape index (κ1) is 19.5. The molecule has 1 N–H and O–H groups in total. The van der Waals surface area contributed by atoms with E-state index in [1.165, 1.54) is 0 Å². The molecule has 0 unspecified atom stereocenters.